The summed E-state index contributed by atoms with van der Waals surface area (Å²) in [7, 11) is 0.882. The Kier molecular flexibility index (Phi) is 5.64. The van der Waals surface area contributed by atoms with Crippen molar-refractivity contribution in [2.45, 2.75) is 25.9 Å². The van der Waals surface area contributed by atoms with Crippen molar-refractivity contribution in [3.8, 4) is 0 Å². The fourth-order valence-electron chi connectivity index (χ4n) is 1.72. The summed E-state index contributed by atoms with van der Waals surface area (Å²) in [6.07, 6.45) is 5.38. The van der Waals surface area contributed by atoms with Crippen molar-refractivity contribution in [1.29, 1.82) is 0 Å². The van der Waals surface area contributed by atoms with E-state index in [4.69, 9.17) is 4.74 Å². The molecule has 0 radical (unpaired) electrons. The Hall–Kier alpha value is -0.880. The second-order valence-corrected chi connectivity index (χ2v) is 5.73. The molecule has 0 amide bonds. The first-order valence-corrected chi connectivity index (χ1v) is 7.35. The molecule has 0 aliphatic carbocycles. The Bertz CT molecular complexity index is 367. The Balaban J connectivity index is 2.65. The van der Waals surface area contributed by atoms with Gasteiger partial charge in [0.15, 0.2) is 0 Å². The van der Waals surface area contributed by atoms with E-state index in [1.165, 1.54) is 0 Å². The molecule has 0 saturated carbocycles. The van der Waals surface area contributed by atoms with Gasteiger partial charge in [0.2, 0.25) is 5.95 Å². The average Bonchev–Trinajstić information content (AvgIpc) is 2.64. The Morgan fingerprint density at radius 3 is 2.88 bits per heavy atom. The highest BCUT2D eigenvalue weighted by molar-refractivity contribution is 7.84. The predicted molar refractivity (Wildman–Crippen MR) is 70.8 cm³/mol. The normalized spacial score (nSPS) is 16.5. The Morgan fingerprint density at radius 2 is 2.29 bits per heavy atom. The van der Waals surface area contributed by atoms with Crippen molar-refractivity contribution >= 4 is 16.7 Å². The molecule has 0 aromatic carbocycles. The first-order chi connectivity index (χ1) is 8.04. The van der Waals surface area contributed by atoms with Gasteiger partial charge in [0.1, 0.15) is 0 Å². The van der Waals surface area contributed by atoms with Crippen LogP contribution in [0.15, 0.2) is 12.4 Å². The molecule has 1 N–H and O–H groups in total. The molecule has 0 aliphatic heterocycles. The minimum Gasteiger partial charge on any atom is -0.383 e. The molecule has 98 valence electrons. The van der Waals surface area contributed by atoms with Gasteiger partial charge in [-0.2, -0.15) is 0 Å². The standard InChI is InChI=1S/C11H21N3O2S/c1-9(8-17(4)15)13-11-12-5-6-14(11)10(2)7-16-3/h5-6,9-10H,7-8H2,1-4H3,(H,12,13). The zero-order valence-electron chi connectivity index (χ0n) is 10.8. The maximum Gasteiger partial charge on any atom is 0.203 e. The summed E-state index contributed by atoms with van der Waals surface area (Å²) in [5, 5.41) is 3.26. The number of imidazole rings is 1. The van der Waals surface area contributed by atoms with Crippen molar-refractivity contribution in [3.63, 3.8) is 0 Å². The molecule has 0 saturated heterocycles. The maximum atomic E-state index is 11.1. The number of nitrogens with zero attached hydrogens (tertiary/aromatic N) is 2. The van der Waals surface area contributed by atoms with E-state index in [0.717, 1.165) is 5.95 Å². The van der Waals surface area contributed by atoms with Gasteiger partial charge in [0.05, 0.1) is 12.6 Å². The second-order valence-electron chi connectivity index (χ2n) is 4.25. The topological polar surface area (TPSA) is 56.1 Å². The van der Waals surface area contributed by atoms with Crippen LogP contribution in [0, 0.1) is 0 Å². The van der Waals surface area contributed by atoms with E-state index in [2.05, 4.69) is 17.2 Å². The number of methoxy groups -OCH3 is 1. The van der Waals surface area contributed by atoms with Crippen LogP contribution in [-0.4, -0.2) is 45.5 Å². The summed E-state index contributed by atoms with van der Waals surface area (Å²) >= 11 is 0. The molecule has 17 heavy (non-hydrogen) atoms. The molecule has 0 bridgehead atoms. The van der Waals surface area contributed by atoms with Gasteiger partial charge in [0.25, 0.3) is 0 Å². The van der Waals surface area contributed by atoms with E-state index < -0.39 is 10.8 Å². The highest BCUT2D eigenvalue weighted by Crippen LogP contribution is 2.14. The lowest BCUT2D eigenvalue weighted by Crippen LogP contribution is -2.25. The summed E-state index contributed by atoms with van der Waals surface area (Å²) in [4.78, 5) is 4.26. The van der Waals surface area contributed by atoms with Crippen molar-refractivity contribution in [1.82, 2.24) is 9.55 Å². The maximum absolute atomic E-state index is 11.1. The number of rotatable bonds is 7. The molecule has 0 fully saturated rings. The quantitative estimate of drug-likeness (QED) is 0.801. The van der Waals surface area contributed by atoms with Gasteiger partial charge in [-0.25, -0.2) is 4.98 Å². The summed E-state index contributed by atoms with van der Waals surface area (Å²) in [5.41, 5.74) is 0. The summed E-state index contributed by atoms with van der Waals surface area (Å²) in [6.45, 7) is 4.71. The zero-order valence-corrected chi connectivity index (χ0v) is 11.7. The van der Waals surface area contributed by atoms with Gasteiger partial charge >= 0.3 is 0 Å². The third-order valence-corrected chi connectivity index (χ3v) is 3.38. The lowest BCUT2D eigenvalue weighted by molar-refractivity contribution is 0.163. The predicted octanol–water partition coefficient (Wildman–Crippen LogP) is 1.27. The van der Waals surface area contributed by atoms with Crippen LogP contribution in [0.4, 0.5) is 5.95 Å². The first-order valence-electron chi connectivity index (χ1n) is 5.63. The fraction of sp³-hybridized carbons (Fsp3) is 0.727. The van der Waals surface area contributed by atoms with Crippen molar-refractivity contribution in [2.24, 2.45) is 0 Å². The molecule has 0 aliphatic rings. The highest BCUT2D eigenvalue weighted by atomic mass is 32.2. The number of hydrogen-bond donors (Lipinski definition) is 1. The van der Waals surface area contributed by atoms with Crippen LogP contribution in [-0.2, 0) is 15.5 Å². The second kappa shape index (κ2) is 6.76. The lowest BCUT2D eigenvalue weighted by Gasteiger charge is -2.19. The smallest absolute Gasteiger partial charge is 0.203 e. The van der Waals surface area contributed by atoms with E-state index in [1.807, 2.05) is 17.7 Å². The van der Waals surface area contributed by atoms with Crippen LogP contribution < -0.4 is 5.32 Å². The van der Waals surface area contributed by atoms with E-state index in [0.29, 0.717) is 12.4 Å². The minimum atomic E-state index is -0.802. The molecule has 1 heterocycles. The van der Waals surface area contributed by atoms with E-state index in [-0.39, 0.29) is 12.1 Å². The van der Waals surface area contributed by atoms with E-state index in [9.17, 15) is 4.21 Å². The average molecular weight is 259 g/mol. The van der Waals surface area contributed by atoms with Crippen LogP contribution >= 0.6 is 0 Å². The summed E-state index contributed by atoms with van der Waals surface area (Å²) in [5.74, 6) is 1.42. The fourth-order valence-corrected chi connectivity index (χ4v) is 2.50. The van der Waals surface area contributed by atoms with Crippen LogP contribution in [0.3, 0.4) is 0 Å². The summed E-state index contributed by atoms with van der Waals surface area (Å²) < 4.78 is 18.3. The number of nitrogens with one attached hydrogen (secondary N) is 1. The molecular formula is C11H21N3O2S. The van der Waals surface area contributed by atoms with Gasteiger partial charge in [-0.15, -0.1) is 0 Å². The van der Waals surface area contributed by atoms with E-state index in [1.54, 1.807) is 19.6 Å². The number of hydrogen-bond acceptors (Lipinski definition) is 4. The van der Waals surface area contributed by atoms with Crippen LogP contribution in [0.25, 0.3) is 0 Å². The van der Waals surface area contributed by atoms with Gasteiger partial charge < -0.3 is 14.6 Å². The SMILES string of the molecule is COCC(C)n1ccnc1NC(C)CS(C)=O. The number of ether oxygens (including phenoxy) is 1. The molecule has 3 atom stereocenters. The number of anilines is 1. The third-order valence-electron chi connectivity index (χ3n) is 2.41. The van der Waals surface area contributed by atoms with Crippen LogP contribution in [0.2, 0.25) is 0 Å². The Labute approximate surface area is 105 Å². The third kappa shape index (κ3) is 4.47. The number of aromatic nitrogens is 2. The monoisotopic (exact) mass is 259 g/mol. The molecule has 0 spiro atoms. The van der Waals surface area contributed by atoms with Crippen molar-refractivity contribution in [3.05, 3.63) is 12.4 Å². The highest BCUT2D eigenvalue weighted by Gasteiger charge is 2.12. The van der Waals surface area contributed by atoms with Gasteiger partial charge in [-0.3, -0.25) is 4.21 Å². The molecule has 1 aromatic heterocycles. The minimum absolute atomic E-state index is 0.136. The van der Waals surface area contributed by atoms with Crippen LogP contribution in [0.5, 0.6) is 0 Å². The largest absolute Gasteiger partial charge is 0.383 e. The molecule has 6 heteroatoms. The molecular weight excluding hydrogens is 238 g/mol. The Morgan fingerprint density at radius 1 is 1.59 bits per heavy atom. The molecule has 1 rings (SSSR count). The van der Waals surface area contributed by atoms with Crippen LogP contribution in [0.1, 0.15) is 19.9 Å². The zero-order chi connectivity index (χ0) is 12.8. The van der Waals surface area contributed by atoms with Crippen molar-refractivity contribution < 1.29 is 8.95 Å². The van der Waals surface area contributed by atoms with Gasteiger partial charge in [-0.05, 0) is 13.8 Å². The molecule has 3 unspecified atom stereocenters. The first kappa shape index (κ1) is 14.2. The van der Waals surface area contributed by atoms with Gasteiger partial charge in [-0.1, -0.05) is 0 Å². The molecule has 1 aromatic rings. The van der Waals surface area contributed by atoms with Crippen molar-refractivity contribution in [2.75, 3.05) is 31.0 Å². The van der Waals surface area contributed by atoms with Gasteiger partial charge in [0, 0.05) is 48.4 Å². The summed E-state index contributed by atoms with van der Waals surface area (Å²) in [6, 6.07) is 0.362. The lowest BCUT2D eigenvalue weighted by atomic mass is 10.3. The molecule has 5 nitrogen and oxygen atoms in total. The van der Waals surface area contributed by atoms with E-state index >= 15 is 0 Å².